The molecule has 6 heteroatoms. The maximum absolute atomic E-state index is 11.7. The van der Waals surface area contributed by atoms with E-state index < -0.39 is 0 Å². The molecule has 1 aromatic rings. The summed E-state index contributed by atoms with van der Waals surface area (Å²) in [5.74, 6) is 0.685. The third-order valence-electron chi connectivity index (χ3n) is 3.58. The number of hydrogen-bond acceptors (Lipinski definition) is 4. The fraction of sp³-hybridized carbons (Fsp3) is 0.533. The van der Waals surface area contributed by atoms with Crippen molar-refractivity contribution in [3.05, 3.63) is 29.8 Å². The van der Waals surface area contributed by atoms with Crippen LogP contribution >= 0.6 is 12.4 Å². The van der Waals surface area contributed by atoms with Crippen LogP contribution in [0.1, 0.15) is 12.5 Å². The summed E-state index contributed by atoms with van der Waals surface area (Å²) in [5, 5.41) is 15.5. The monoisotopic (exact) mass is 314 g/mol. The number of aliphatic hydroxyl groups is 1. The third-order valence-corrected chi connectivity index (χ3v) is 3.58. The molecule has 5 nitrogen and oxygen atoms in total. The van der Waals surface area contributed by atoms with Crippen molar-refractivity contribution in [3.63, 3.8) is 0 Å². The molecule has 2 rings (SSSR count). The van der Waals surface area contributed by atoms with E-state index in [4.69, 9.17) is 4.74 Å². The number of aliphatic hydroxyl groups excluding tert-OH is 1. The molecule has 118 valence electrons. The summed E-state index contributed by atoms with van der Waals surface area (Å²) in [7, 11) is 0. The number of carbonyl (C=O) groups is 1. The molecule has 0 aliphatic carbocycles. The van der Waals surface area contributed by atoms with Gasteiger partial charge >= 0.3 is 0 Å². The lowest BCUT2D eigenvalue weighted by Gasteiger charge is -2.15. The maximum atomic E-state index is 11.7. The van der Waals surface area contributed by atoms with Gasteiger partial charge in [-0.2, -0.15) is 0 Å². The van der Waals surface area contributed by atoms with Crippen molar-refractivity contribution in [2.75, 3.05) is 26.2 Å². The van der Waals surface area contributed by atoms with E-state index in [0.29, 0.717) is 13.1 Å². The largest absolute Gasteiger partial charge is 0.483 e. The lowest BCUT2D eigenvalue weighted by atomic mass is 10.1. The zero-order valence-corrected chi connectivity index (χ0v) is 13.0. The molecule has 1 amide bonds. The van der Waals surface area contributed by atoms with Gasteiger partial charge in [-0.05, 0) is 18.1 Å². The number of ether oxygens (including phenoxy) is 1. The number of nitrogens with one attached hydrogen (secondary N) is 2. The average Bonchev–Trinajstić information content (AvgIpc) is 2.88. The molecule has 1 aromatic carbocycles. The number of halogens is 1. The number of para-hydroxylation sites is 1. The Hall–Kier alpha value is -1.30. The smallest absolute Gasteiger partial charge is 0.257 e. The van der Waals surface area contributed by atoms with Gasteiger partial charge < -0.3 is 20.5 Å². The van der Waals surface area contributed by atoms with E-state index in [2.05, 4.69) is 17.6 Å². The number of β-amino-alcohol motifs (C(OH)–C–C–N with tert-alkyl or cyclic N) is 1. The topological polar surface area (TPSA) is 70.6 Å². The molecular formula is C15H23ClN2O3. The second-order valence-electron chi connectivity index (χ2n) is 5.04. The summed E-state index contributed by atoms with van der Waals surface area (Å²) in [6.07, 6.45) is 0.495. The van der Waals surface area contributed by atoms with Crippen LogP contribution in [0.15, 0.2) is 24.3 Å². The average molecular weight is 315 g/mol. The first-order chi connectivity index (χ1) is 9.70. The summed E-state index contributed by atoms with van der Waals surface area (Å²) >= 11 is 0. The second-order valence-corrected chi connectivity index (χ2v) is 5.04. The molecule has 1 heterocycles. The molecule has 0 bridgehead atoms. The SMILES string of the molecule is CCc1ccccc1OCC(=O)NCC1CNCC1O.Cl. The van der Waals surface area contributed by atoms with E-state index in [1.54, 1.807) is 0 Å². The number of hydrogen-bond donors (Lipinski definition) is 3. The third kappa shape index (κ3) is 5.19. The van der Waals surface area contributed by atoms with E-state index in [1.165, 1.54) is 0 Å². The van der Waals surface area contributed by atoms with Gasteiger partial charge in [-0.25, -0.2) is 0 Å². The van der Waals surface area contributed by atoms with Crippen molar-refractivity contribution in [1.82, 2.24) is 10.6 Å². The fourth-order valence-electron chi connectivity index (χ4n) is 2.30. The zero-order valence-electron chi connectivity index (χ0n) is 12.2. The van der Waals surface area contributed by atoms with Crippen molar-refractivity contribution in [2.24, 2.45) is 5.92 Å². The van der Waals surface area contributed by atoms with Crippen LogP contribution in [0.25, 0.3) is 0 Å². The van der Waals surface area contributed by atoms with Crippen LogP contribution < -0.4 is 15.4 Å². The summed E-state index contributed by atoms with van der Waals surface area (Å²) in [4.78, 5) is 11.7. The van der Waals surface area contributed by atoms with E-state index in [-0.39, 0.29) is 36.9 Å². The Morgan fingerprint density at radius 1 is 1.43 bits per heavy atom. The standard InChI is InChI=1S/C15H22N2O3.ClH/c1-2-11-5-3-4-6-14(11)20-10-15(19)17-8-12-7-16-9-13(12)18;/h3-6,12-13,16,18H,2,7-10H2,1H3,(H,17,19);1H. The van der Waals surface area contributed by atoms with Gasteiger partial charge in [-0.3, -0.25) is 4.79 Å². The van der Waals surface area contributed by atoms with Crippen molar-refractivity contribution in [1.29, 1.82) is 0 Å². The zero-order chi connectivity index (χ0) is 14.4. The van der Waals surface area contributed by atoms with E-state index in [9.17, 15) is 9.90 Å². The summed E-state index contributed by atoms with van der Waals surface area (Å²) in [6, 6.07) is 7.72. The predicted molar refractivity (Wildman–Crippen MR) is 83.9 cm³/mol. The van der Waals surface area contributed by atoms with Crippen LogP contribution in [0.4, 0.5) is 0 Å². The number of aryl methyl sites for hydroxylation is 1. The molecular weight excluding hydrogens is 292 g/mol. The van der Waals surface area contributed by atoms with Gasteiger partial charge in [0.05, 0.1) is 6.10 Å². The van der Waals surface area contributed by atoms with E-state index in [0.717, 1.165) is 24.3 Å². The van der Waals surface area contributed by atoms with Crippen molar-refractivity contribution in [2.45, 2.75) is 19.4 Å². The lowest BCUT2D eigenvalue weighted by molar-refractivity contribution is -0.123. The van der Waals surface area contributed by atoms with Gasteiger partial charge in [-0.15, -0.1) is 12.4 Å². The van der Waals surface area contributed by atoms with Crippen LogP contribution in [0.3, 0.4) is 0 Å². The van der Waals surface area contributed by atoms with E-state index >= 15 is 0 Å². The normalized spacial score (nSPS) is 20.7. The minimum Gasteiger partial charge on any atom is -0.483 e. The molecule has 0 spiro atoms. The van der Waals surface area contributed by atoms with Gasteiger partial charge in [0.25, 0.3) is 5.91 Å². The Kier molecular flexibility index (Phi) is 7.50. The highest BCUT2D eigenvalue weighted by Gasteiger charge is 2.24. The van der Waals surface area contributed by atoms with Crippen LogP contribution in [0, 0.1) is 5.92 Å². The second kappa shape index (κ2) is 8.87. The summed E-state index contributed by atoms with van der Waals surface area (Å²) < 4.78 is 5.54. The Morgan fingerprint density at radius 3 is 2.86 bits per heavy atom. The van der Waals surface area contributed by atoms with Crippen molar-refractivity contribution >= 4 is 18.3 Å². The van der Waals surface area contributed by atoms with Crippen LogP contribution in [0.2, 0.25) is 0 Å². The van der Waals surface area contributed by atoms with Crippen LogP contribution in [-0.4, -0.2) is 43.4 Å². The first-order valence-corrected chi connectivity index (χ1v) is 7.07. The predicted octanol–water partition coefficient (Wildman–Crippen LogP) is 0.746. The molecule has 1 aliphatic rings. The lowest BCUT2D eigenvalue weighted by Crippen LogP contribution is -2.36. The molecule has 2 unspecified atom stereocenters. The highest BCUT2D eigenvalue weighted by atomic mass is 35.5. The molecule has 0 radical (unpaired) electrons. The van der Waals surface area contributed by atoms with E-state index in [1.807, 2.05) is 24.3 Å². The maximum Gasteiger partial charge on any atom is 0.257 e. The van der Waals surface area contributed by atoms with Gasteiger partial charge in [0.15, 0.2) is 6.61 Å². The minimum absolute atomic E-state index is 0. The molecule has 1 saturated heterocycles. The number of amides is 1. The van der Waals surface area contributed by atoms with Crippen LogP contribution in [0.5, 0.6) is 5.75 Å². The van der Waals surface area contributed by atoms with Gasteiger partial charge in [0.1, 0.15) is 5.75 Å². The summed E-state index contributed by atoms with van der Waals surface area (Å²) in [5.41, 5.74) is 1.09. The molecule has 1 fully saturated rings. The quantitative estimate of drug-likeness (QED) is 0.724. The van der Waals surface area contributed by atoms with Gasteiger partial charge in [-0.1, -0.05) is 25.1 Å². The van der Waals surface area contributed by atoms with Crippen molar-refractivity contribution in [3.8, 4) is 5.75 Å². The Morgan fingerprint density at radius 2 is 2.19 bits per heavy atom. The summed E-state index contributed by atoms with van der Waals surface area (Å²) in [6.45, 7) is 3.87. The fourth-order valence-corrected chi connectivity index (χ4v) is 2.30. The first kappa shape index (κ1) is 17.8. The Balaban J connectivity index is 0.00000220. The molecule has 1 aliphatic heterocycles. The highest BCUT2D eigenvalue weighted by Crippen LogP contribution is 2.17. The minimum atomic E-state index is -0.378. The van der Waals surface area contributed by atoms with Gasteiger partial charge in [0.2, 0.25) is 0 Å². The number of rotatable bonds is 6. The van der Waals surface area contributed by atoms with Crippen molar-refractivity contribution < 1.29 is 14.6 Å². The molecule has 21 heavy (non-hydrogen) atoms. The van der Waals surface area contributed by atoms with Gasteiger partial charge in [0, 0.05) is 25.6 Å². The Bertz CT molecular complexity index is 456. The first-order valence-electron chi connectivity index (χ1n) is 7.07. The van der Waals surface area contributed by atoms with Crippen LogP contribution in [-0.2, 0) is 11.2 Å². The molecule has 3 N–H and O–H groups in total. The molecule has 0 aromatic heterocycles. The highest BCUT2D eigenvalue weighted by molar-refractivity contribution is 5.85. The molecule has 0 saturated carbocycles. The Labute approximate surface area is 131 Å². The number of benzene rings is 1. The number of carbonyl (C=O) groups excluding carboxylic acids is 1. The molecule has 2 atom stereocenters.